The van der Waals surface area contributed by atoms with Crippen LogP contribution in [-0.4, -0.2) is 34.1 Å². The summed E-state index contributed by atoms with van der Waals surface area (Å²) in [5, 5.41) is 2.78. The number of carbonyl (C=O) groups excluding carboxylic acids is 1. The fourth-order valence-electron chi connectivity index (χ4n) is 2.30. The Morgan fingerprint density at radius 3 is 2.52 bits per heavy atom. The van der Waals surface area contributed by atoms with Crippen LogP contribution in [0.2, 0.25) is 5.02 Å². The van der Waals surface area contributed by atoms with Gasteiger partial charge < -0.3 is 10.1 Å². The maximum atomic E-state index is 12.7. The molecule has 0 aliphatic rings. The summed E-state index contributed by atoms with van der Waals surface area (Å²) in [6, 6.07) is 11.1. The summed E-state index contributed by atoms with van der Waals surface area (Å²) in [6.45, 7) is 5.42. The first-order chi connectivity index (χ1) is 12.8. The van der Waals surface area contributed by atoms with Crippen molar-refractivity contribution in [2.24, 2.45) is 0 Å². The highest BCUT2D eigenvalue weighted by Crippen LogP contribution is 2.25. The summed E-state index contributed by atoms with van der Waals surface area (Å²) in [5.41, 5.74) is 1.65. The van der Waals surface area contributed by atoms with Crippen LogP contribution in [0, 0.1) is 6.92 Å². The average molecular weight is 411 g/mol. The maximum absolute atomic E-state index is 12.7. The van der Waals surface area contributed by atoms with E-state index >= 15 is 0 Å². The first-order valence-electron chi connectivity index (χ1n) is 8.58. The molecule has 2 rings (SSSR count). The molecule has 2 aromatic carbocycles. The van der Waals surface area contributed by atoms with E-state index in [0.717, 1.165) is 5.56 Å². The van der Waals surface area contributed by atoms with Crippen LogP contribution < -0.4 is 10.0 Å². The van der Waals surface area contributed by atoms with Gasteiger partial charge in [-0.3, -0.25) is 9.52 Å². The minimum atomic E-state index is -3.93. The summed E-state index contributed by atoms with van der Waals surface area (Å²) in [6.07, 6.45) is 0.674. The van der Waals surface area contributed by atoms with E-state index in [-0.39, 0.29) is 21.4 Å². The number of carbonyl (C=O) groups is 1. The molecule has 0 saturated heterocycles. The zero-order valence-corrected chi connectivity index (χ0v) is 16.9. The molecule has 0 fully saturated rings. The number of sulfonamides is 1. The molecule has 146 valence electrons. The molecule has 6 nitrogen and oxygen atoms in total. The van der Waals surface area contributed by atoms with Crippen molar-refractivity contribution in [1.29, 1.82) is 0 Å². The Labute approximate surface area is 164 Å². The summed E-state index contributed by atoms with van der Waals surface area (Å²) in [7, 11) is -3.93. The van der Waals surface area contributed by atoms with Crippen molar-refractivity contribution in [3.05, 3.63) is 58.6 Å². The predicted molar refractivity (Wildman–Crippen MR) is 107 cm³/mol. The first kappa shape index (κ1) is 21.2. The number of anilines is 1. The minimum absolute atomic E-state index is 0.0440. The van der Waals surface area contributed by atoms with Crippen molar-refractivity contribution in [1.82, 2.24) is 5.32 Å². The lowest BCUT2D eigenvalue weighted by molar-refractivity contribution is 0.0944. The number of halogens is 1. The second-order valence-electron chi connectivity index (χ2n) is 5.92. The molecule has 27 heavy (non-hydrogen) atoms. The van der Waals surface area contributed by atoms with Crippen molar-refractivity contribution in [2.75, 3.05) is 24.5 Å². The summed E-state index contributed by atoms with van der Waals surface area (Å²) < 4.78 is 33.0. The highest BCUT2D eigenvalue weighted by Gasteiger charge is 2.20. The van der Waals surface area contributed by atoms with Crippen molar-refractivity contribution < 1.29 is 17.9 Å². The van der Waals surface area contributed by atoms with E-state index in [0.29, 0.717) is 31.9 Å². The van der Waals surface area contributed by atoms with Crippen LogP contribution in [-0.2, 0) is 14.8 Å². The van der Waals surface area contributed by atoms with Gasteiger partial charge in [0.2, 0.25) is 0 Å². The predicted octanol–water partition coefficient (Wildman–Crippen LogP) is 3.61. The number of ether oxygens (including phenoxy) is 1. The normalized spacial score (nSPS) is 11.2. The quantitative estimate of drug-likeness (QED) is 0.618. The van der Waals surface area contributed by atoms with Gasteiger partial charge in [-0.05, 0) is 50.6 Å². The van der Waals surface area contributed by atoms with E-state index in [4.69, 9.17) is 16.3 Å². The van der Waals surface area contributed by atoms with E-state index in [1.807, 2.05) is 13.8 Å². The monoisotopic (exact) mass is 410 g/mol. The number of hydrogen-bond donors (Lipinski definition) is 2. The molecule has 0 atom stereocenters. The molecule has 0 radical (unpaired) electrons. The van der Waals surface area contributed by atoms with Crippen molar-refractivity contribution in [2.45, 2.75) is 25.2 Å². The molecule has 0 bridgehead atoms. The smallest absolute Gasteiger partial charge is 0.263 e. The highest BCUT2D eigenvalue weighted by atomic mass is 35.5. The van der Waals surface area contributed by atoms with Gasteiger partial charge in [0, 0.05) is 31.0 Å². The molecule has 0 aliphatic heterocycles. The number of hydrogen-bond acceptors (Lipinski definition) is 4. The zero-order chi connectivity index (χ0) is 19.9. The lowest BCUT2D eigenvalue weighted by Gasteiger charge is -2.12. The Hall–Kier alpha value is -2.09. The molecular formula is C19H23ClN2O4S. The van der Waals surface area contributed by atoms with Crippen LogP contribution in [0.15, 0.2) is 47.4 Å². The highest BCUT2D eigenvalue weighted by molar-refractivity contribution is 7.92. The van der Waals surface area contributed by atoms with Gasteiger partial charge in [0.1, 0.15) is 4.90 Å². The summed E-state index contributed by atoms with van der Waals surface area (Å²) >= 11 is 6.07. The van der Waals surface area contributed by atoms with Crippen molar-refractivity contribution >= 4 is 33.2 Å². The molecule has 0 aliphatic carbocycles. The van der Waals surface area contributed by atoms with Crippen LogP contribution >= 0.6 is 11.6 Å². The molecule has 0 saturated carbocycles. The maximum Gasteiger partial charge on any atom is 0.263 e. The average Bonchev–Trinajstić information content (AvgIpc) is 2.63. The number of benzene rings is 2. The summed E-state index contributed by atoms with van der Waals surface area (Å²) in [5.74, 6) is -0.366. The third-order valence-electron chi connectivity index (χ3n) is 3.74. The van der Waals surface area contributed by atoms with Crippen LogP contribution in [0.1, 0.15) is 29.3 Å². The first-order valence-corrected chi connectivity index (χ1v) is 10.4. The van der Waals surface area contributed by atoms with Gasteiger partial charge in [-0.2, -0.15) is 0 Å². The van der Waals surface area contributed by atoms with E-state index in [1.165, 1.54) is 18.2 Å². The van der Waals surface area contributed by atoms with Crippen molar-refractivity contribution in [3.63, 3.8) is 0 Å². The largest absolute Gasteiger partial charge is 0.382 e. The van der Waals surface area contributed by atoms with Gasteiger partial charge in [0.15, 0.2) is 0 Å². The van der Waals surface area contributed by atoms with E-state index in [1.54, 1.807) is 24.3 Å². The van der Waals surface area contributed by atoms with Crippen molar-refractivity contribution in [3.8, 4) is 0 Å². The second kappa shape index (κ2) is 9.73. The Morgan fingerprint density at radius 2 is 1.85 bits per heavy atom. The van der Waals surface area contributed by atoms with Crippen LogP contribution in [0.25, 0.3) is 0 Å². The number of nitrogens with one attached hydrogen (secondary N) is 2. The van der Waals surface area contributed by atoms with E-state index < -0.39 is 10.0 Å². The number of aryl methyl sites for hydroxylation is 1. The fourth-order valence-corrected chi connectivity index (χ4v) is 3.89. The van der Waals surface area contributed by atoms with Gasteiger partial charge >= 0.3 is 0 Å². The van der Waals surface area contributed by atoms with Gasteiger partial charge in [0.05, 0.1) is 5.02 Å². The van der Waals surface area contributed by atoms with Crippen LogP contribution in [0.3, 0.4) is 0 Å². The van der Waals surface area contributed by atoms with Crippen LogP contribution in [0.5, 0.6) is 0 Å². The lowest BCUT2D eigenvalue weighted by atomic mass is 10.2. The minimum Gasteiger partial charge on any atom is -0.382 e. The third kappa shape index (κ3) is 6.23. The Morgan fingerprint density at radius 1 is 1.15 bits per heavy atom. The molecule has 1 amide bonds. The Bertz CT molecular complexity index is 883. The van der Waals surface area contributed by atoms with Gasteiger partial charge in [-0.25, -0.2) is 8.42 Å². The number of rotatable bonds is 9. The molecule has 2 aromatic rings. The summed E-state index contributed by atoms with van der Waals surface area (Å²) in [4.78, 5) is 12.1. The SMILES string of the molecule is CCOCCCNC(=O)c1ccc(Cl)c(S(=O)(=O)Nc2ccc(C)cc2)c1. The van der Waals surface area contributed by atoms with Crippen LogP contribution in [0.4, 0.5) is 5.69 Å². The fraction of sp³-hybridized carbons (Fsp3) is 0.316. The topological polar surface area (TPSA) is 84.5 Å². The molecule has 2 N–H and O–H groups in total. The molecular weight excluding hydrogens is 388 g/mol. The Balaban J connectivity index is 2.13. The number of amides is 1. The molecule has 0 spiro atoms. The Kier molecular flexibility index (Phi) is 7.65. The van der Waals surface area contributed by atoms with Gasteiger partial charge in [0.25, 0.3) is 15.9 Å². The lowest BCUT2D eigenvalue weighted by Crippen LogP contribution is -2.25. The second-order valence-corrected chi connectivity index (χ2v) is 7.98. The van der Waals surface area contributed by atoms with Gasteiger partial charge in [-0.1, -0.05) is 29.3 Å². The van der Waals surface area contributed by atoms with E-state index in [9.17, 15) is 13.2 Å². The third-order valence-corrected chi connectivity index (χ3v) is 5.60. The molecule has 8 heteroatoms. The standard InChI is InChI=1S/C19H23ClN2O4S/c1-3-26-12-4-11-21-19(23)15-7-10-17(20)18(13-15)27(24,25)22-16-8-5-14(2)6-9-16/h5-10,13,22H,3-4,11-12H2,1-2H3,(H,21,23). The molecule has 0 heterocycles. The van der Waals surface area contributed by atoms with Gasteiger partial charge in [-0.15, -0.1) is 0 Å². The zero-order valence-electron chi connectivity index (χ0n) is 15.3. The molecule has 0 unspecified atom stereocenters. The van der Waals surface area contributed by atoms with E-state index in [2.05, 4.69) is 10.0 Å². The molecule has 0 aromatic heterocycles.